The van der Waals surface area contributed by atoms with Crippen LogP contribution in [0.4, 0.5) is 4.39 Å². The molecule has 0 bridgehead atoms. The lowest BCUT2D eigenvalue weighted by atomic mass is 10.1. The molecule has 0 amide bonds. The second kappa shape index (κ2) is 4.12. The molecule has 3 N–H and O–H groups in total. The third kappa shape index (κ3) is 1.80. The van der Waals surface area contributed by atoms with Gasteiger partial charge in [0.25, 0.3) is 0 Å². The average Bonchev–Trinajstić information content (AvgIpc) is 2.63. The molecule has 15 heavy (non-hydrogen) atoms. The zero-order valence-corrected chi connectivity index (χ0v) is 8.63. The summed E-state index contributed by atoms with van der Waals surface area (Å²) in [6.45, 7) is 0.291. The number of nitrogens with zero attached hydrogens (tertiary/aromatic N) is 2. The van der Waals surface area contributed by atoms with Crippen molar-refractivity contribution in [2.75, 3.05) is 6.54 Å². The summed E-state index contributed by atoms with van der Waals surface area (Å²) >= 11 is 5.88. The molecule has 0 radical (unpaired) electrons. The van der Waals surface area contributed by atoms with Gasteiger partial charge in [0, 0.05) is 11.8 Å². The van der Waals surface area contributed by atoms with E-state index in [4.69, 9.17) is 17.3 Å². The lowest BCUT2D eigenvalue weighted by Gasteiger charge is -2.04. The van der Waals surface area contributed by atoms with Crippen molar-refractivity contribution in [3.05, 3.63) is 23.2 Å². The molecule has 6 heteroatoms. The molecule has 0 aromatic carbocycles. The van der Waals surface area contributed by atoms with Crippen molar-refractivity contribution >= 4 is 22.6 Å². The summed E-state index contributed by atoms with van der Waals surface area (Å²) in [5.41, 5.74) is 6.32. The monoisotopic (exact) mass is 228 g/mol. The number of rotatable bonds is 3. The summed E-state index contributed by atoms with van der Waals surface area (Å²) in [5, 5.41) is 0.802. The molecule has 2 aromatic heterocycles. The zero-order chi connectivity index (χ0) is 10.8. The maximum atomic E-state index is 13.7. The number of aromatic nitrogens is 3. The van der Waals surface area contributed by atoms with Gasteiger partial charge in [0.05, 0.1) is 5.39 Å². The summed E-state index contributed by atoms with van der Waals surface area (Å²) in [7, 11) is 0. The molecular weight excluding hydrogens is 219 g/mol. The highest BCUT2D eigenvalue weighted by atomic mass is 35.5. The Kier molecular flexibility index (Phi) is 2.83. The van der Waals surface area contributed by atoms with Crippen molar-refractivity contribution in [3.63, 3.8) is 0 Å². The minimum atomic E-state index is -1.13. The Morgan fingerprint density at radius 1 is 1.53 bits per heavy atom. The Balaban J connectivity index is 2.52. The van der Waals surface area contributed by atoms with E-state index in [2.05, 4.69) is 15.0 Å². The fourth-order valence-electron chi connectivity index (χ4n) is 1.50. The van der Waals surface area contributed by atoms with Crippen LogP contribution in [0.3, 0.4) is 0 Å². The third-order valence-electron chi connectivity index (χ3n) is 2.21. The van der Waals surface area contributed by atoms with Crippen molar-refractivity contribution in [1.29, 1.82) is 0 Å². The lowest BCUT2D eigenvalue weighted by molar-refractivity contribution is 0.330. The summed E-state index contributed by atoms with van der Waals surface area (Å²) in [6, 6.07) is 0. The van der Waals surface area contributed by atoms with E-state index in [-0.39, 0.29) is 11.6 Å². The predicted octanol–water partition coefficient (Wildman–Crippen LogP) is 1.97. The highest BCUT2D eigenvalue weighted by Crippen LogP contribution is 2.31. The van der Waals surface area contributed by atoms with Crippen LogP contribution in [-0.4, -0.2) is 21.5 Å². The van der Waals surface area contributed by atoms with E-state index < -0.39 is 6.17 Å². The molecule has 80 valence electrons. The Morgan fingerprint density at radius 3 is 3.07 bits per heavy atom. The maximum absolute atomic E-state index is 13.7. The topological polar surface area (TPSA) is 67.6 Å². The van der Waals surface area contributed by atoms with Gasteiger partial charge in [-0.15, -0.1) is 0 Å². The van der Waals surface area contributed by atoms with Crippen molar-refractivity contribution in [2.24, 2.45) is 5.73 Å². The molecular formula is C9H10ClFN4. The smallest absolute Gasteiger partial charge is 0.142 e. The minimum Gasteiger partial charge on any atom is -0.346 e. The number of halogens is 2. The van der Waals surface area contributed by atoms with Crippen LogP contribution in [0.1, 0.15) is 18.2 Å². The van der Waals surface area contributed by atoms with E-state index in [0.29, 0.717) is 23.1 Å². The number of hydrogen-bond donors (Lipinski definition) is 2. The highest BCUT2D eigenvalue weighted by molar-refractivity contribution is 6.34. The number of nitrogens with one attached hydrogen (secondary N) is 1. The normalized spacial score (nSPS) is 13.3. The van der Waals surface area contributed by atoms with E-state index in [0.717, 1.165) is 0 Å². The van der Waals surface area contributed by atoms with Gasteiger partial charge in [-0.3, -0.25) is 0 Å². The molecule has 1 atom stereocenters. The van der Waals surface area contributed by atoms with E-state index in [1.54, 1.807) is 6.20 Å². The van der Waals surface area contributed by atoms with Gasteiger partial charge in [-0.1, -0.05) is 11.6 Å². The van der Waals surface area contributed by atoms with Gasteiger partial charge >= 0.3 is 0 Å². The van der Waals surface area contributed by atoms with Gasteiger partial charge in [-0.2, -0.15) is 0 Å². The second-order valence-corrected chi connectivity index (χ2v) is 3.54. The van der Waals surface area contributed by atoms with Crippen LogP contribution in [0.2, 0.25) is 5.15 Å². The van der Waals surface area contributed by atoms with Gasteiger partial charge in [0.15, 0.2) is 0 Å². The molecule has 2 aromatic rings. The molecule has 4 nitrogen and oxygen atoms in total. The number of H-pyrrole nitrogens is 1. The number of alkyl halides is 1. The Hall–Kier alpha value is -1.20. The number of fused-ring (bicyclic) bond motifs is 1. The molecule has 1 unspecified atom stereocenters. The van der Waals surface area contributed by atoms with E-state index in [1.807, 2.05) is 0 Å². The SMILES string of the molecule is NCCC(F)c1c[nH]c2ncnc(Cl)c12. The van der Waals surface area contributed by atoms with E-state index in [1.165, 1.54) is 6.33 Å². The molecule has 0 saturated carbocycles. The first-order chi connectivity index (χ1) is 7.24. The molecule has 2 rings (SSSR count). The molecule has 0 aliphatic carbocycles. The molecule has 0 spiro atoms. The maximum Gasteiger partial charge on any atom is 0.142 e. The summed E-state index contributed by atoms with van der Waals surface area (Å²) in [6.07, 6.45) is 2.03. The third-order valence-corrected chi connectivity index (χ3v) is 2.50. The van der Waals surface area contributed by atoms with Crippen molar-refractivity contribution in [2.45, 2.75) is 12.6 Å². The van der Waals surface area contributed by atoms with Crippen LogP contribution in [0.5, 0.6) is 0 Å². The first-order valence-corrected chi connectivity index (χ1v) is 4.93. The van der Waals surface area contributed by atoms with Crippen molar-refractivity contribution < 1.29 is 4.39 Å². The van der Waals surface area contributed by atoms with Crippen LogP contribution >= 0.6 is 11.6 Å². The van der Waals surface area contributed by atoms with Gasteiger partial charge in [0.2, 0.25) is 0 Å². The fourth-order valence-corrected chi connectivity index (χ4v) is 1.74. The average molecular weight is 229 g/mol. The largest absolute Gasteiger partial charge is 0.346 e. The molecule has 0 saturated heterocycles. The van der Waals surface area contributed by atoms with Gasteiger partial charge < -0.3 is 10.7 Å². The van der Waals surface area contributed by atoms with Crippen molar-refractivity contribution in [1.82, 2.24) is 15.0 Å². The minimum absolute atomic E-state index is 0.260. The Bertz CT molecular complexity index is 470. The quantitative estimate of drug-likeness (QED) is 0.790. The first-order valence-electron chi connectivity index (χ1n) is 4.55. The molecule has 0 aliphatic heterocycles. The first kappa shape index (κ1) is 10.3. The Labute approximate surface area is 90.7 Å². The number of aromatic amines is 1. The summed E-state index contributed by atoms with van der Waals surface area (Å²) < 4.78 is 13.7. The second-order valence-electron chi connectivity index (χ2n) is 3.18. The Morgan fingerprint density at radius 2 is 2.33 bits per heavy atom. The van der Waals surface area contributed by atoms with E-state index >= 15 is 0 Å². The fraction of sp³-hybridized carbons (Fsp3) is 0.333. The van der Waals surface area contributed by atoms with Gasteiger partial charge in [-0.25, -0.2) is 14.4 Å². The van der Waals surface area contributed by atoms with E-state index in [9.17, 15) is 4.39 Å². The van der Waals surface area contributed by atoms with Crippen LogP contribution in [0.15, 0.2) is 12.5 Å². The molecule has 2 heterocycles. The van der Waals surface area contributed by atoms with Gasteiger partial charge in [-0.05, 0) is 13.0 Å². The summed E-state index contributed by atoms with van der Waals surface area (Å²) in [4.78, 5) is 10.6. The summed E-state index contributed by atoms with van der Waals surface area (Å²) in [5.74, 6) is 0. The van der Waals surface area contributed by atoms with Crippen LogP contribution in [0.25, 0.3) is 11.0 Å². The standard InChI is InChI=1S/C9H10ClFN4/c10-8-7-5(6(11)1-2-12)3-13-9(7)15-4-14-8/h3-4,6H,1-2,12H2,(H,13,14,15). The number of hydrogen-bond acceptors (Lipinski definition) is 3. The van der Waals surface area contributed by atoms with Crippen LogP contribution < -0.4 is 5.73 Å². The van der Waals surface area contributed by atoms with Crippen LogP contribution in [0, 0.1) is 0 Å². The van der Waals surface area contributed by atoms with Crippen molar-refractivity contribution in [3.8, 4) is 0 Å². The molecule has 0 aliphatic rings. The zero-order valence-electron chi connectivity index (χ0n) is 7.87. The lowest BCUT2D eigenvalue weighted by Crippen LogP contribution is -2.03. The van der Waals surface area contributed by atoms with Crippen LogP contribution in [-0.2, 0) is 0 Å². The molecule has 0 fully saturated rings. The highest BCUT2D eigenvalue weighted by Gasteiger charge is 2.17. The number of nitrogens with two attached hydrogens (primary N) is 1. The van der Waals surface area contributed by atoms with Gasteiger partial charge in [0.1, 0.15) is 23.3 Å². The predicted molar refractivity (Wildman–Crippen MR) is 56.4 cm³/mol.